The van der Waals surface area contributed by atoms with E-state index in [1.54, 1.807) is 0 Å². The summed E-state index contributed by atoms with van der Waals surface area (Å²) in [6, 6.07) is 5.44. The highest BCUT2D eigenvalue weighted by molar-refractivity contribution is 5.99. The standard InChI is InChI=1S/C20H15F4N5O2/c1-9(30)8-25-18-16-17(12-4-2-10(21)6-13(12)23)28-29-19(16)27-20(26-18)31-15-5-3-11(22)7-14(15)24/h2-7,9,30H,8H2,1H3,(H2,25,26,27,28,29)/t9-/m0/s1. The Kier molecular flexibility index (Phi) is 5.42. The number of hydrogen-bond acceptors (Lipinski definition) is 6. The summed E-state index contributed by atoms with van der Waals surface area (Å²) in [5.74, 6) is -3.53. The van der Waals surface area contributed by atoms with Gasteiger partial charge >= 0.3 is 6.01 Å². The molecule has 7 nitrogen and oxygen atoms in total. The number of benzene rings is 2. The molecule has 0 fully saturated rings. The van der Waals surface area contributed by atoms with Crippen LogP contribution in [0, 0.1) is 23.3 Å². The van der Waals surface area contributed by atoms with Crippen molar-refractivity contribution >= 4 is 16.9 Å². The number of aliphatic hydroxyl groups excluding tert-OH is 1. The zero-order chi connectivity index (χ0) is 22.1. The van der Waals surface area contributed by atoms with Gasteiger partial charge in [0.2, 0.25) is 0 Å². The molecular formula is C20H15F4N5O2. The molecule has 0 unspecified atom stereocenters. The molecule has 0 amide bonds. The fourth-order valence-corrected chi connectivity index (χ4v) is 2.86. The molecular weight excluding hydrogens is 418 g/mol. The minimum atomic E-state index is -0.958. The summed E-state index contributed by atoms with van der Waals surface area (Å²) in [5.41, 5.74) is 0.203. The van der Waals surface area contributed by atoms with Crippen LogP contribution in [0.1, 0.15) is 6.92 Å². The van der Waals surface area contributed by atoms with Crippen molar-refractivity contribution in [3.05, 3.63) is 59.7 Å². The number of aromatic amines is 1. The van der Waals surface area contributed by atoms with Crippen molar-refractivity contribution in [2.45, 2.75) is 13.0 Å². The Morgan fingerprint density at radius 3 is 2.42 bits per heavy atom. The molecule has 11 heteroatoms. The molecule has 4 rings (SSSR count). The molecule has 4 aromatic rings. The van der Waals surface area contributed by atoms with Crippen LogP contribution in [0.3, 0.4) is 0 Å². The first-order chi connectivity index (χ1) is 14.8. The number of nitrogens with zero attached hydrogens (tertiary/aromatic N) is 3. The first-order valence-electron chi connectivity index (χ1n) is 9.08. The van der Waals surface area contributed by atoms with Crippen molar-refractivity contribution in [1.82, 2.24) is 20.2 Å². The number of halogens is 4. The fraction of sp³-hybridized carbons (Fsp3) is 0.150. The lowest BCUT2D eigenvalue weighted by molar-refractivity contribution is 0.208. The van der Waals surface area contributed by atoms with E-state index in [0.717, 1.165) is 18.2 Å². The van der Waals surface area contributed by atoms with Crippen LogP contribution < -0.4 is 10.1 Å². The Bertz CT molecular complexity index is 1260. The Balaban J connectivity index is 1.82. The summed E-state index contributed by atoms with van der Waals surface area (Å²) in [7, 11) is 0. The maximum absolute atomic E-state index is 14.3. The number of rotatable bonds is 6. The molecule has 0 aliphatic carbocycles. The predicted molar refractivity (Wildman–Crippen MR) is 104 cm³/mol. The molecule has 3 N–H and O–H groups in total. The number of fused-ring (bicyclic) bond motifs is 1. The predicted octanol–water partition coefficient (Wildman–Crippen LogP) is 4.16. The highest BCUT2D eigenvalue weighted by Gasteiger charge is 2.21. The average molecular weight is 433 g/mol. The van der Waals surface area contributed by atoms with Crippen molar-refractivity contribution in [3.63, 3.8) is 0 Å². The molecule has 2 aromatic carbocycles. The lowest BCUT2D eigenvalue weighted by atomic mass is 10.1. The number of H-pyrrole nitrogens is 1. The van der Waals surface area contributed by atoms with E-state index in [-0.39, 0.29) is 46.4 Å². The van der Waals surface area contributed by atoms with E-state index < -0.39 is 29.4 Å². The van der Waals surface area contributed by atoms with Crippen molar-refractivity contribution in [3.8, 4) is 23.0 Å². The van der Waals surface area contributed by atoms with Crippen molar-refractivity contribution < 1.29 is 27.4 Å². The summed E-state index contributed by atoms with van der Waals surface area (Å²) in [4.78, 5) is 8.27. The van der Waals surface area contributed by atoms with Gasteiger partial charge < -0.3 is 15.2 Å². The smallest absolute Gasteiger partial charge is 0.326 e. The van der Waals surface area contributed by atoms with E-state index in [4.69, 9.17) is 4.74 Å². The maximum Gasteiger partial charge on any atom is 0.326 e. The third kappa shape index (κ3) is 4.26. The van der Waals surface area contributed by atoms with Gasteiger partial charge in [-0.25, -0.2) is 17.6 Å². The van der Waals surface area contributed by atoms with Gasteiger partial charge in [0.1, 0.15) is 29.0 Å². The monoisotopic (exact) mass is 433 g/mol. The van der Waals surface area contributed by atoms with Gasteiger partial charge in [-0.05, 0) is 31.2 Å². The van der Waals surface area contributed by atoms with Crippen LogP contribution in [-0.2, 0) is 0 Å². The number of hydrogen-bond donors (Lipinski definition) is 3. The Morgan fingerprint density at radius 2 is 1.74 bits per heavy atom. The largest absolute Gasteiger partial charge is 0.421 e. The van der Waals surface area contributed by atoms with E-state index in [1.807, 2.05) is 0 Å². The Morgan fingerprint density at radius 1 is 1.03 bits per heavy atom. The number of aromatic nitrogens is 4. The summed E-state index contributed by atoms with van der Waals surface area (Å²) in [5, 5.41) is 19.4. The maximum atomic E-state index is 14.3. The molecule has 0 spiro atoms. The SMILES string of the molecule is C[C@H](O)CNc1nc(Oc2ccc(F)cc2F)nc2[nH]nc(-c3ccc(F)cc3F)c12. The highest BCUT2D eigenvalue weighted by Crippen LogP contribution is 2.34. The third-order valence-electron chi connectivity index (χ3n) is 4.25. The van der Waals surface area contributed by atoms with Crippen LogP contribution in [0.15, 0.2) is 36.4 Å². The molecule has 2 heterocycles. The number of nitrogens with one attached hydrogen (secondary N) is 2. The zero-order valence-electron chi connectivity index (χ0n) is 16.0. The van der Waals surface area contributed by atoms with E-state index in [2.05, 4.69) is 25.5 Å². The molecule has 0 radical (unpaired) electrons. The van der Waals surface area contributed by atoms with Gasteiger partial charge in [0.15, 0.2) is 17.2 Å². The summed E-state index contributed by atoms with van der Waals surface area (Å²) in [6.07, 6.45) is -0.762. The second kappa shape index (κ2) is 8.19. The Labute approximate surface area is 172 Å². The lowest BCUT2D eigenvalue weighted by Gasteiger charge is -2.12. The van der Waals surface area contributed by atoms with Crippen molar-refractivity contribution in [2.75, 3.05) is 11.9 Å². The van der Waals surface area contributed by atoms with Gasteiger partial charge in [-0.2, -0.15) is 15.1 Å². The zero-order valence-corrected chi connectivity index (χ0v) is 16.0. The lowest BCUT2D eigenvalue weighted by Crippen LogP contribution is -2.16. The summed E-state index contributed by atoms with van der Waals surface area (Å²) in [6.45, 7) is 1.60. The highest BCUT2D eigenvalue weighted by atomic mass is 19.1. The minimum Gasteiger partial charge on any atom is -0.421 e. The van der Waals surface area contributed by atoms with Crippen LogP contribution in [0.25, 0.3) is 22.3 Å². The first-order valence-corrected chi connectivity index (χ1v) is 9.08. The Hall–Kier alpha value is -3.73. The molecule has 31 heavy (non-hydrogen) atoms. The van der Waals surface area contributed by atoms with Crippen molar-refractivity contribution in [1.29, 1.82) is 0 Å². The molecule has 1 atom stereocenters. The van der Waals surface area contributed by atoms with Gasteiger partial charge in [-0.15, -0.1) is 0 Å². The van der Waals surface area contributed by atoms with Gasteiger partial charge in [0, 0.05) is 24.2 Å². The van der Waals surface area contributed by atoms with Crippen LogP contribution >= 0.6 is 0 Å². The van der Waals surface area contributed by atoms with Gasteiger partial charge in [0.05, 0.1) is 11.5 Å². The fourth-order valence-electron chi connectivity index (χ4n) is 2.86. The van der Waals surface area contributed by atoms with Crippen LogP contribution in [0.5, 0.6) is 11.8 Å². The number of anilines is 1. The van der Waals surface area contributed by atoms with E-state index in [0.29, 0.717) is 12.1 Å². The third-order valence-corrected chi connectivity index (χ3v) is 4.25. The molecule has 0 saturated heterocycles. The second-order valence-electron chi connectivity index (χ2n) is 6.68. The van der Waals surface area contributed by atoms with Crippen LogP contribution in [-0.4, -0.2) is 37.9 Å². The first kappa shape index (κ1) is 20.5. The topological polar surface area (TPSA) is 96.0 Å². The van der Waals surface area contributed by atoms with Crippen molar-refractivity contribution in [2.24, 2.45) is 0 Å². The van der Waals surface area contributed by atoms with Gasteiger partial charge in [0.25, 0.3) is 0 Å². The summed E-state index contributed by atoms with van der Waals surface area (Å²) >= 11 is 0. The number of aliphatic hydroxyl groups is 1. The molecule has 0 aliphatic rings. The number of ether oxygens (including phenoxy) is 1. The molecule has 160 valence electrons. The van der Waals surface area contributed by atoms with E-state index in [1.165, 1.54) is 13.0 Å². The quantitative estimate of drug-likeness (QED) is 0.395. The minimum absolute atomic E-state index is 0.00501. The second-order valence-corrected chi connectivity index (χ2v) is 6.68. The normalized spacial score (nSPS) is 12.2. The average Bonchev–Trinajstić information content (AvgIpc) is 3.12. The van der Waals surface area contributed by atoms with Crippen LogP contribution in [0.2, 0.25) is 0 Å². The molecule has 2 aromatic heterocycles. The van der Waals surface area contributed by atoms with Gasteiger partial charge in [-0.3, -0.25) is 5.10 Å². The van der Waals surface area contributed by atoms with Gasteiger partial charge in [-0.1, -0.05) is 0 Å². The summed E-state index contributed by atoms with van der Waals surface area (Å²) < 4.78 is 60.1. The van der Waals surface area contributed by atoms with Crippen LogP contribution in [0.4, 0.5) is 23.4 Å². The molecule has 0 saturated carbocycles. The molecule has 0 aliphatic heterocycles. The van der Waals surface area contributed by atoms with E-state index in [9.17, 15) is 22.7 Å². The molecule has 0 bridgehead atoms. The van der Waals surface area contributed by atoms with E-state index >= 15 is 0 Å².